The lowest BCUT2D eigenvalue weighted by Crippen LogP contribution is -2.25. The van der Waals surface area contributed by atoms with Crippen LogP contribution in [-0.2, 0) is 0 Å². The molecule has 0 radical (unpaired) electrons. The zero-order valence-electron chi connectivity index (χ0n) is 10.1. The van der Waals surface area contributed by atoms with Gasteiger partial charge in [-0.25, -0.2) is 4.98 Å². The Morgan fingerprint density at radius 1 is 1.65 bits per heavy atom. The van der Waals surface area contributed by atoms with Crippen molar-refractivity contribution in [2.75, 3.05) is 13.2 Å². The molecule has 17 heavy (non-hydrogen) atoms. The molecule has 0 aliphatic rings. The Morgan fingerprint density at radius 3 is 2.94 bits per heavy atom. The van der Waals surface area contributed by atoms with Crippen molar-refractivity contribution in [2.45, 2.75) is 26.3 Å². The van der Waals surface area contributed by atoms with Crippen molar-refractivity contribution in [1.82, 2.24) is 10.3 Å². The molecule has 0 saturated carbocycles. The van der Waals surface area contributed by atoms with E-state index in [4.69, 9.17) is 15.3 Å². The van der Waals surface area contributed by atoms with Crippen LogP contribution in [0.3, 0.4) is 0 Å². The van der Waals surface area contributed by atoms with Gasteiger partial charge in [-0.2, -0.15) is 0 Å². The second-order valence-corrected chi connectivity index (χ2v) is 4.17. The minimum absolute atomic E-state index is 0.0442. The summed E-state index contributed by atoms with van der Waals surface area (Å²) in [5.74, 6) is 0.246. The first-order valence-electron chi connectivity index (χ1n) is 5.66. The Labute approximate surface area is 100 Å². The van der Waals surface area contributed by atoms with Gasteiger partial charge in [-0.15, -0.1) is 0 Å². The van der Waals surface area contributed by atoms with Gasteiger partial charge in [0.15, 0.2) is 5.69 Å². The number of hydrogen-bond donors (Lipinski definition) is 3. The van der Waals surface area contributed by atoms with Crippen molar-refractivity contribution >= 4 is 5.91 Å². The molecule has 0 bridgehead atoms. The third-order valence-corrected chi connectivity index (χ3v) is 2.38. The number of nitrogens with one attached hydrogen (secondary N) is 1. The van der Waals surface area contributed by atoms with Crippen LogP contribution in [0.4, 0.5) is 0 Å². The molecular formula is C11H19N3O3. The summed E-state index contributed by atoms with van der Waals surface area (Å²) in [5, 5.41) is 11.2. The van der Waals surface area contributed by atoms with Gasteiger partial charge in [0.25, 0.3) is 5.91 Å². The highest BCUT2D eigenvalue weighted by atomic mass is 16.3. The smallest absolute Gasteiger partial charge is 0.273 e. The molecule has 0 aromatic carbocycles. The second-order valence-electron chi connectivity index (χ2n) is 4.17. The molecule has 1 heterocycles. The zero-order chi connectivity index (χ0) is 12.8. The molecule has 96 valence electrons. The van der Waals surface area contributed by atoms with Crippen molar-refractivity contribution in [3.05, 3.63) is 17.8 Å². The molecule has 1 aromatic rings. The maximum atomic E-state index is 11.6. The molecule has 1 rings (SSSR count). The lowest BCUT2D eigenvalue weighted by atomic mass is 10.1. The monoisotopic (exact) mass is 241 g/mol. The Morgan fingerprint density at radius 2 is 2.35 bits per heavy atom. The van der Waals surface area contributed by atoms with Crippen LogP contribution in [0.25, 0.3) is 0 Å². The van der Waals surface area contributed by atoms with Crippen molar-refractivity contribution in [2.24, 2.45) is 11.7 Å². The highest BCUT2D eigenvalue weighted by Crippen LogP contribution is 2.17. The molecule has 0 spiro atoms. The number of oxazole rings is 1. The highest BCUT2D eigenvalue weighted by Gasteiger charge is 2.18. The van der Waals surface area contributed by atoms with E-state index in [0.29, 0.717) is 18.9 Å². The third kappa shape index (κ3) is 3.83. The summed E-state index contributed by atoms with van der Waals surface area (Å²) in [7, 11) is 0. The standard InChI is InChI=1S/C11H19N3O3/c1-7(2)9(12)11-14-8(6-17-11)10(16)13-4-3-5-15/h6-7,9,15H,3-5,12H2,1-2H3,(H,13,16). The van der Waals surface area contributed by atoms with E-state index in [0.717, 1.165) is 0 Å². The molecule has 0 saturated heterocycles. The van der Waals surface area contributed by atoms with E-state index in [-0.39, 0.29) is 30.2 Å². The Bertz CT molecular complexity index is 363. The summed E-state index contributed by atoms with van der Waals surface area (Å²) in [6.45, 7) is 4.36. The predicted molar refractivity (Wildman–Crippen MR) is 62.3 cm³/mol. The zero-order valence-corrected chi connectivity index (χ0v) is 10.1. The molecule has 0 aliphatic carbocycles. The van der Waals surface area contributed by atoms with Crippen molar-refractivity contribution in [3.63, 3.8) is 0 Å². The van der Waals surface area contributed by atoms with E-state index in [1.165, 1.54) is 6.26 Å². The number of carbonyl (C=O) groups excluding carboxylic acids is 1. The average molecular weight is 241 g/mol. The number of hydrogen-bond acceptors (Lipinski definition) is 5. The van der Waals surface area contributed by atoms with Crippen LogP contribution >= 0.6 is 0 Å². The summed E-state index contributed by atoms with van der Waals surface area (Å²) < 4.78 is 5.17. The fraction of sp³-hybridized carbons (Fsp3) is 0.636. The second kappa shape index (κ2) is 6.36. The number of aliphatic hydroxyl groups excluding tert-OH is 1. The SMILES string of the molecule is CC(C)C(N)c1nc(C(=O)NCCCO)co1. The van der Waals surface area contributed by atoms with E-state index >= 15 is 0 Å². The van der Waals surface area contributed by atoms with Gasteiger partial charge in [-0.3, -0.25) is 4.79 Å². The lowest BCUT2D eigenvalue weighted by Gasteiger charge is -2.10. The number of nitrogens with zero attached hydrogens (tertiary/aromatic N) is 1. The molecule has 1 unspecified atom stereocenters. The normalized spacial score (nSPS) is 12.8. The van der Waals surface area contributed by atoms with E-state index < -0.39 is 0 Å². The van der Waals surface area contributed by atoms with Crippen LogP contribution in [0.15, 0.2) is 10.7 Å². The fourth-order valence-corrected chi connectivity index (χ4v) is 1.20. The van der Waals surface area contributed by atoms with Crippen LogP contribution < -0.4 is 11.1 Å². The minimum atomic E-state index is -0.315. The summed E-state index contributed by atoms with van der Waals surface area (Å²) in [6, 6.07) is -0.311. The molecule has 6 heteroatoms. The average Bonchev–Trinajstić information content (AvgIpc) is 2.77. The number of aliphatic hydroxyl groups is 1. The van der Waals surface area contributed by atoms with Crippen LogP contribution in [-0.4, -0.2) is 29.1 Å². The Kier molecular flexibility index (Phi) is 5.11. The van der Waals surface area contributed by atoms with Crippen LogP contribution in [0.5, 0.6) is 0 Å². The fourth-order valence-electron chi connectivity index (χ4n) is 1.20. The van der Waals surface area contributed by atoms with Crippen molar-refractivity contribution < 1.29 is 14.3 Å². The first kappa shape index (κ1) is 13.7. The summed E-state index contributed by atoms with van der Waals surface area (Å²) in [4.78, 5) is 15.6. The molecule has 1 amide bonds. The maximum absolute atomic E-state index is 11.6. The van der Waals surface area contributed by atoms with Crippen LogP contribution in [0, 0.1) is 5.92 Å². The first-order valence-corrected chi connectivity index (χ1v) is 5.66. The molecule has 1 atom stereocenters. The number of aromatic nitrogens is 1. The van der Waals surface area contributed by atoms with Gasteiger partial charge >= 0.3 is 0 Å². The van der Waals surface area contributed by atoms with Gasteiger partial charge in [0.1, 0.15) is 6.26 Å². The molecule has 0 fully saturated rings. The van der Waals surface area contributed by atoms with Gasteiger partial charge in [0, 0.05) is 13.2 Å². The Balaban J connectivity index is 2.58. The predicted octanol–water partition coefficient (Wildman–Crippen LogP) is 0.443. The van der Waals surface area contributed by atoms with Crippen molar-refractivity contribution in [1.29, 1.82) is 0 Å². The van der Waals surface area contributed by atoms with Gasteiger partial charge in [0.05, 0.1) is 6.04 Å². The van der Waals surface area contributed by atoms with E-state index in [1.54, 1.807) is 0 Å². The molecular weight excluding hydrogens is 222 g/mol. The lowest BCUT2D eigenvalue weighted by molar-refractivity contribution is 0.0946. The third-order valence-electron chi connectivity index (χ3n) is 2.38. The van der Waals surface area contributed by atoms with Crippen LogP contribution in [0.2, 0.25) is 0 Å². The van der Waals surface area contributed by atoms with Gasteiger partial charge in [-0.1, -0.05) is 13.8 Å². The molecule has 0 aliphatic heterocycles. The molecule has 6 nitrogen and oxygen atoms in total. The number of carbonyl (C=O) groups is 1. The van der Waals surface area contributed by atoms with E-state index in [9.17, 15) is 4.79 Å². The Hall–Kier alpha value is -1.40. The maximum Gasteiger partial charge on any atom is 0.273 e. The van der Waals surface area contributed by atoms with Gasteiger partial charge < -0.3 is 20.6 Å². The molecule has 4 N–H and O–H groups in total. The summed E-state index contributed by atoms with van der Waals surface area (Å²) >= 11 is 0. The first-order chi connectivity index (χ1) is 8.06. The van der Waals surface area contributed by atoms with Crippen molar-refractivity contribution in [3.8, 4) is 0 Å². The minimum Gasteiger partial charge on any atom is -0.446 e. The number of nitrogens with two attached hydrogens (primary N) is 1. The number of amides is 1. The summed E-state index contributed by atoms with van der Waals surface area (Å²) in [6.07, 6.45) is 1.81. The molecule has 1 aromatic heterocycles. The quantitative estimate of drug-likeness (QED) is 0.627. The van der Waals surface area contributed by atoms with Crippen LogP contribution in [0.1, 0.15) is 42.7 Å². The van der Waals surface area contributed by atoms with E-state index in [1.807, 2.05) is 13.8 Å². The van der Waals surface area contributed by atoms with Gasteiger partial charge in [0.2, 0.25) is 5.89 Å². The largest absolute Gasteiger partial charge is 0.446 e. The van der Waals surface area contributed by atoms with E-state index in [2.05, 4.69) is 10.3 Å². The summed E-state index contributed by atoms with van der Waals surface area (Å²) in [5.41, 5.74) is 6.07. The topological polar surface area (TPSA) is 101 Å². The van der Waals surface area contributed by atoms with Gasteiger partial charge in [-0.05, 0) is 12.3 Å². The number of rotatable bonds is 6. The highest BCUT2D eigenvalue weighted by molar-refractivity contribution is 5.91.